The molecule has 0 aliphatic carbocycles. The summed E-state index contributed by atoms with van der Waals surface area (Å²) in [5.41, 5.74) is 0.830. The Morgan fingerprint density at radius 3 is 2.67 bits per heavy atom. The Morgan fingerprint density at radius 2 is 1.96 bits per heavy atom. The summed E-state index contributed by atoms with van der Waals surface area (Å²) in [7, 11) is 0. The summed E-state index contributed by atoms with van der Waals surface area (Å²) in [5.74, 6) is -1.29. The molecule has 0 fully saturated rings. The standard InChI is InChI=1S/C19H16F2N4OS/c1-2-10-25-18(13-6-4-3-5-7-13)23-24-19(25)27-12-17(26)22-16-9-8-14(20)11-15(16)21/h2-9,11H,1,10,12H2,(H,22,26). The van der Waals surface area contributed by atoms with Gasteiger partial charge in [-0.1, -0.05) is 48.2 Å². The van der Waals surface area contributed by atoms with Gasteiger partial charge in [0.05, 0.1) is 11.4 Å². The van der Waals surface area contributed by atoms with E-state index in [9.17, 15) is 13.6 Å². The largest absolute Gasteiger partial charge is 0.323 e. The average molecular weight is 386 g/mol. The van der Waals surface area contributed by atoms with E-state index >= 15 is 0 Å². The van der Waals surface area contributed by atoms with Crippen LogP contribution in [0.25, 0.3) is 11.4 Å². The molecule has 138 valence electrons. The molecule has 0 saturated heterocycles. The van der Waals surface area contributed by atoms with Gasteiger partial charge in [-0.25, -0.2) is 8.78 Å². The molecule has 0 atom stereocenters. The maximum Gasteiger partial charge on any atom is 0.234 e. The minimum atomic E-state index is -0.825. The Hall–Kier alpha value is -3.00. The van der Waals surface area contributed by atoms with Gasteiger partial charge in [-0.2, -0.15) is 0 Å². The first-order valence-electron chi connectivity index (χ1n) is 8.05. The third-order valence-electron chi connectivity index (χ3n) is 3.60. The SMILES string of the molecule is C=CCn1c(SCC(=O)Nc2ccc(F)cc2F)nnc1-c1ccccc1. The van der Waals surface area contributed by atoms with Crippen LogP contribution < -0.4 is 5.32 Å². The van der Waals surface area contributed by atoms with Crippen LogP contribution in [0, 0.1) is 11.6 Å². The van der Waals surface area contributed by atoms with Gasteiger partial charge in [-0.3, -0.25) is 9.36 Å². The number of halogens is 2. The first-order valence-corrected chi connectivity index (χ1v) is 9.04. The summed E-state index contributed by atoms with van der Waals surface area (Å²) in [4.78, 5) is 12.1. The molecule has 1 heterocycles. The molecular weight excluding hydrogens is 370 g/mol. The van der Waals surface area contributed by atoms with E-state index in [-0.39, 0.29) is 11.4 Å². The minimum absolute atomic E-state index is 0.000875. The average Bonchev–Trinajstić information content (AvgIpc) is 3.06. The van der Waals surface area contributed by atoms with Crippen LogP contribution >= 0.6 is 11.8 Å². The summed E-state index contributed by atoms with van der Waals surface area (Å²) in [6, 6.07) is 12.5. The molecule has 27 heavy (non-hydrogen) atoms. The van der Waals surface area contributed by atoms with Crippen molar-refractivity contribution in [1.29, 1.82) is 0 Å². The number of amides is 1. The predicted octanol–water partition coefficient (Wildman–Crippen LogP) is 4.14. The molecule has 0 unspecified atom stereocenters. The van der Waals surface area contributed by atoms with Gasteiger partial charge in [0.25, 0.3) is 0 Å². The van der Waals surface area contributed by atoms with Crippen molar-refractivity contribution in [3.63, 3.8) is 0 Å². The lowest BCUT2D eigenvalue weighted by molar-refractivity contribution is -0.113. The Morgan fingerprint density at radius 1 is 1.19 bits per heavy atom. The molecular formula is C19H16F2N4OS. The number of allylic oxidation sites excluding steroid dienone is 1. The highest BCUT2D eigenvalue weighted by Gasteiger charge is 2.15. The second-order valence-corrected chi connectivity index (χ2v) is 6.48. The van der Waals surface area contributed by atoms with Crippen LogP contribution in [0.4, 0.5) is 14.5 Å². The van der Waals surface area contributed by atoms with E-state index in [0.717, 1.165) is 17.7 Å². The van der Waals surface area contributed by atoms with E-state index in [0.29, 0.717) is 17.5 Å². The van der Waals surface area contributed by atoms with Crippen LogP contribution in [-0.2, 0) is 11.3 Å². The van der Waals surface area contributed by atoms with E-state index in [1.54, 1.807) is 6.08 Å². The number of aromatic nitrogens is 3. The topological polar surface area (TPSA) is 59.8 Å². The Bertz CT molecular complexity index is 960. The molecule has 0 saturated carbocycles. The number of hydrogen-bond acceptors (Lipinski definition) is 4. The van der Waals surface area contributed by atoms with Crippen molar-refractivity contribution >= 4 is 23.4 Å². The van der Waals surface area contributed by atoms with E-state index in [1.807, 2.05) is 34.9 Å². The summed E-state index contributed by atoms with van der Waals surface area (Å²) in [6.07, 6.45) is 1.72. The highest BCUT2D eigenvalue weighted by Crippen LogP contribution is 2.24. The molecule has 1 aromatic heterocycles. The van der Waals surface area contributed by atoms with Crippen molar-refractivity contribution in [1.82, 2.24) is 14.8 Å². The Labute approximate surface area is 159 Å². The van der Waals surface area contributed by atoms with Crippen LogP contribution in [0.2, 0.25) is 0 Å². The number of anilines is 1. The summed E-state index contributed by atoms with van der Waals surface area (Å²) < 4.78 is 28.4. The molecule has 1 amide bonds. The fourth-order valence-electron chi connectivity index (χ4n) is 2.40. The van der Waals surface area contributed by atoms with E-state index in [1.165, 1.54) is 17.8 Å². The number of nitrogens with zero attached hydrogens (tertiary/aromatic N) is 3. The third-order valence-corrected chi connectivity index (χ3v) is 4.56. The zero-order valence-electron chi connectivity index (χ0n) is 14.2. The maximum absolute atomic E-state index is 13.6. The first kappa shape index (κ1) is 18.8. The van der Waals surface area contributed by atoms with Crippen LogP contribution in [0.3, 0.4) is 0 Å². The Kier molecular flexibility index (Phi) is 5.97. The van der Waals surface area contributed by atoms with Crippen molar-refractivity contribution in [2.75, 3.05) is 11.1 Å². The third kappa shape index (κ3) is 4.59. The lowest BCUT2D eigenvalue weighted by Gasteiger charge is -2.08. The Balaban J connectivity index is 1.71. The van der Waals surface area contributed by atoms with Crippen molar-refractivity contribution in [2.24, 2.45) is 0 Å². The number of benzene rings is 2. The number of nitrogens with one attached hydrogen (secondary N) is 1. The van der Waals surface area contributed by atoms with E-state index < -0.39 is 17.5 Å². The normalized spacial score (nSPS) is 10.6. The van der Waals surface area contributed by atoms with E-state index in [4.69, 9.17) is 0 Å². The molecule has 2 aromatic carbocycles. The molecule has 3 rings (SSSR count). The quantitative estimate of drug-likeness (QED) is 0.490. The van der Waals surface area contributed by atoms with Gasteiger partial charge >= 0.3 is 0 Å². The van der Waals surface area contributed by atoms with Gasteiger partial charge in [0.15, 0.2) is 11.0 Å². The van der Waals surface area contributed by atoms with Gasteiger partial charge in [-0.15, -0.1) is 16.8 Å². The monoisotopic (exact) mass is 386 g/mol. The van der Waals surface area contributed by atoms with Crippen LogP contribution in [0.15, 0.2) is 66.3 Å². The molecule has 8 heteroatoms. The number of carbonyl (C=O) groups is 1. The fourth-order valence-corrected chi connectivity index (χ4v) is 3.14. The summed E-state index contributed by atoms with van der Waals surface area (Å²) in [5, 5.41) is 11.3. The molecule has 0 radical (unpaired) electrons. The summed E-state index contributed by atoms with van der Waals surface area (Å²) >= 11 is 1.17. The number of rotatable bonds is 7. The second-order valence-electron chi connectivity index (χ2n) is 5.53. The minimum Gasteiger partial charge on any atom is -0.323 e. The molecule has 0 aliphatic heterocycles. The molecule has 0 spiro atoms. The molecule has 5 nitrogen and oxygen atoms in total. The van der Waals surface area contributed by atoms with E-state index in [2.05, 4.69) is 22.1 Å². The van der Waals surface area contributed by atoms with Crippen molar-refractivity contribution in [3.05, 3.63) is 72.8 Å². The van der Waals surface area contributed by atoms with Crippen LogP contribution in [-0.4, -0.2) is 26.4 Å². The highest BCUT2D eigenvalue weighted by atomic mass is 32.2. The smallest absolute Gasteiger partial charge is 0.234 e. The highest BCUT2D eigenvalue weighted by molar-refractivity contribution is 7.99. The zero-order valence-corrected chi connectivity index (χ0v) is 15.0. The number of carbonyl (C=O) groups excluding carboxylic acids is 1. The predicted molar refractivity (Wildman–Crippen MR) is 101 cm³/mol. The van der Waals surface area contributed by atoms with Gasteiger partial charge in [0.2, 0.25) is 5.91 Å². The van der Waals surface area contributed by atoms with Gasteiger partial charge < -0.3 is 5.32 Å². The van der Waals surface area contributed by atoms with Gasteiger partial charge in [0.1, 0.15) is 11.6 Å². The lowest BCUT2D eigenvalue weighted by atomic mass is 10.2. The lowest BCUT2D eigenvalue weighted by Crippen LogP contribution is -2.15. The molecule has 3 aromatic rings. The second kappa shape index (κ2) is 8.59. The van der Waals surface area contributed by atoms with Crippen molar-refractivity contribution in [3.8, 4) is 11.4 Å². The van der Waals surface area contributed by atoms with Gasteiger partial charge in [0, 0.05) is 18.2 Å². The molecule has 0 aliphatic rings. The molecule has 0 bridgehead atoms. The summed E-state index contributed by atoms with van der Waals surface area (Å²) in [6.45, 7) is 4.22. The first-order chi connectivity index (χ1) is 13.1. The maximum atomic E-state index is 13.6. The number of hydrogen-bond donors (Lipinski definition) is 1. The zero-order chi connectivity index (χ0) is 19.2. The fraction of sp³-hybridized carbons (Fsp3) is 0.105. The van der Waals surface area contributed by atoms with Crippen molar-refractivity contribution < 1.29 is 13.6 Å². The number of thioether (sulfide) groups is 1. The molecule has 1 N–H and O–H groups in total. The van der Waals surface area contributed by atoms with Gasteiger partial charge in [-0.05, 0) is 12.1 Å². The van der Waals surface area contributed by atoms with Crippen molar-refractivity contribution in [2.45, 2.75) is 11.7 Å². The van der Waals surface area contributed by atoms with Crippen LogP contribution in [0.1, 0.15) is 0 Å². The van der Waals surface area contributed by atoms with Crippen LogP contribution in [0.5, 0.6) is 0 Å².